The highest BCUT2D eigenvalue weighted by Gasteiger charge is 2.28. The summed E-state index contributed by atoms with van der Waals surface area (Å²) in [6.45, 7) is 0. The summed E-state index contributed by atoms with van der Waals surface area (Å²) >= 11 is 3.45. The minimum Gasteiger partial charge on any atom is -0.421 e. The maximum Gasteiger partial charge on any atom is 0.344 e. The first-order valence-corrected chi connectivity index (χ1v) is 6.19. The van der Waals surface area contributed by atoms with Crippen LogP contribution in [0.1, 0.15) is 21.6 Å². The molecule has 88 valence electrons. The number of cyclic esters (lactones) is 1. The fourth-order valence-electron chi connectivity index (χ4n) is 1.83. The van der Waals surface area contributed by atoms with Crippen LogP contribution in [0.2, 0.25) is 0 Å². The van der Waals surface area contributed by atoms with Gasteiger partial charge in [0.2, 0.25) is 0 Å². The summed E-state index contributed by atoms with van der Waals surface area (Å²) in [4.78, 5) is 15.9. The number of benzene rings is 1. The van der Waals surface area contributed by atoms with Crippen molar-refractivity contribution in [2.24, 2.45) is 0 Å². The molecule has 18 heavy (non-hydrogen) atoms. The molecule has 3 rings (SSSR count). The van der Waals surface area contributed by atoms with E-state index in [0.29, 0.717) is 15.8 Å². The minimum atomic E-state index is -0.325. The molecule has 1 aromatic carbocycles. The van der Waals surface area contributed by atoms with E-state index in [4.69, 9.17) is 4.74 Å². The molecule has 0 amide bonds. The molecule has 0 radical (unpaired) electrons. The van der Waals surface area contributed by atoms with E-state index in [1.54, 1.807) is 12.3 Å². The highest BCUT2D eigenvalue weighted by atomic mass is 79.9. The zero-order chi connectivity index (χ0) is 12.5. The summed E-state index contributed by atoms with van der Waals surface area (Å²) in [6.07, 6.45) is 1.69. The topological polar surface area (TPSA) is 39.2 Å². The molecule has 2 aromatic rings. The molecule has 0 atom stereocenters. The molecule has 0 N–H and O–H groups in total. The van der Waals surface area contributed by atoms with Crippen molar-refractivity contribution in [2.45, 2.75) is 0 Å². The average Bonchev–Trinajstić information content (AvgIpc) is 2.77. The van der Waals surface area contributed by atoms with Gasteiger partial charge >= 0.3 is 5.97 Å². The van der Waals surface area contributed by atoms with E-state index in [1.165, 1.54) is 0 Å². The van der Waals surface area contributed by atoms with E-state index < -0.39 is 0 Å². The zero-order valence-corrected chi connectivity index (χ0v) is 10.8. The summed E-state index contributed by atoms with van der Waals surface area (Å²) < 4.78 is 5.98. The Morgan fingerprint density at radius 2 is 1.78 bits per heavy atom. The van der Waals surface area contributed by atoms with Gasteiger partial charge in [0.25, 0.3) is 0 Å². The van der Waals surface area contributed by atoms with Crippen LogP contribution in [-0.2, 0) is 4.74 Å². The Morgan fingerprint density at radius 3 is 2.50 bits per heavy atom. The van der Waals surface area contributed by atoms with Crippen molar-refractivity contribution in [1.29, 1.82) is 0 Å². The number of pyridine rings is 1. The molecule has 0 bridgehead atoms. The Morgan fingerprint density at radius 1 is 1.06 bits per heavy atom. The van der Waals surface area contributed by atoms with E-state index in [9.17, 15) is 4.79 Å². The van der Waals surface area contributed by atoms with Gasteiger partial charge in [-0.3, -0.25) is 4.98 Å². The van der Waals surface area contributed by atoms with E-state index in [-0.39, 0.29) is 5.97 Å². The third kappa shape index (κ3) is 1.75. The smallest absolute Gasteiger partial charge is 0.344 e. The van der Waals surface area contributed by atoms with Gasteiger partial charge in [0, 0.05) is 11.8 Å². The van der Waals surface area contributed by atoms with Gasteiger partial charge < -0.3 is 4.74 Å². The van der Waals surface area contributed by atoms with E-state index in [1.807, 2.05) is 36.4 Å². The molecule has 0 saturated carbocycles. The standard InChI is InChI=1S/C14H8BrNO2/c15-12(11-7-3-4-8-16-11)13-9-5-1-2-6-10(9)14(17)18-13/h1-8H/b13-12+. The molecular formula is C14H8BrNO2. The predicted molar refractivity (Wildman–Crippen MR) is 71.8 cm³/mol. The van der Waals surface area contributed by atoms with Crippen LogP contribution in [0, 0.1) is 0 Å². The van der Waals surface area contributed by atoms with E-state index in [0.717, 1.165) is 11.3 Å². The third-order valence-corrected chi connectivity index (χ3v) is 3.44. The number of halogens is 1. The molecule has 0 saturated heterocycles. The maximum atomic E-state index is 11.7. The van der Waals surface area contributed by atoms with Crippen LogP contribution in [0.15, 0.2) is 48.7 Å². The lowest BCUT2D eigenvalue weighted by Crippen LogP contribution is -1.93. The van der Waals surface area contributed by atoms with E-state index in [2.05, 4.69) is 20.9 Å². The van der Waals surface area contributed by atoms with Gasteiger partial charge in [-0.25, -0.2) is 4.79 Å². The van der Waals surface area contributed by atoms with Crippen molar-refractivity contribution < 1.29 is 9.53 Å². The number of hydrogen-bond acceptors (Lipinski definition) is 3. The maximum absolute atomic E-state index is 11.7. The molecule has 1 aliphatic rings. The molecule has 1 aliphatic heterocycles. The van der Waals surface area contributed by atoms with Gasteiger partial charge in [-0.05, 0) is 34.1 Å². The Kier molecular flexibility index (Phi) is 2.72. The Hall–Kier alpha value is -1.94. The summed E-state index contributed by atoms with van der Waals surface area (Å²) in [5, 5.41) is 0. The summed E-state index contributed by atoms with van der Waals surface area (Å²) in [5.41, 5.74) is 2.11. The number of carbonyl (C=O) groups is 1. The van der Waals surface area contributed by atoms with Crippen LogP contribution >= 0.6 is 15.9 Å². The van der Waals surface area contributed by atoms with Crippen LogP contribution in [0.4, 0.5) is 0 Å². The average molecular weight is 302 g/mol. The van der Waals surface area contributed by atoms with Gasteiger partial charge in [-0.15, -0.1) is 0 Å². The van der Waals surface area contributed by atoms with Crippen LogP contribution < -0.4 is 0 Å². The molecule has 0 spiro atoms. The summed E-state index contributed by atoms with van der Waals surface area (Å²) in [7, 11) is 0. The first-order valence-electron chi connectivity index (χ1n) is 5.40. The lowest BCUT2D eigenvalue weighted by atomic mass is 10.1. The van der Waals surface area contributed by atoms with Gasteiger partial charge in [-0.1, -0.05) is 24.3 Å². The van der Waals surface area contributed by atoms with Crippen molar-refractivity contribution in [1.82, 2.24) is 4.98 Å². The van der Waals surface area contributed by atoms with Crippen molar-refractivity contribution in [3.05, 3.63) is 65.5 Å². The van der Waals surface area contributed by atoms with Crippen molar-refractivity contribution >= 4 is 32.1 Å². The fraction of sp³-hybridized carbons (Fsp3) is 0. The molecule has 2 heterocycles. The van der Waals surface area contributed by atoms with Gasteiger partial charge in [0.1, 0.15) is 0 Å². The monoisotopic (exact) mass is 301 g/mol. The summed E-state index contributed by atoms with van der Waals surface area (Å²) in [6, 6.07) is 12.9. The molecule has 1 aromatic heterocycles. The lowest BCUT2D eigenvalue weighted by Gasteiger charge is -2.03. The Labute approximate surface area is 112 Å². The number of esters is 1. The number of ether oxygens (including phenoxy) is 1. The fourth-order valence-corrected chi connectivity index (χ4v) is 2.36. The number of aromatic nitrogens is 1. The number of carbonyl (C=O) groups excluding carboxylic acids is 1. The predicted octanol–water partition coefficient (Wildman–Crippen LogP) is 3.47. The molecule has 0 unspecified atom stereocenters. The molecule has 4 heteroatoms. The number of rotatable bonds is 1. The SMILES string of the molecule is O=C1O/C(=C(/Br)c2ccccn2)c2ccccc21. The number of hydrogen-bond donors (Lipinski definition) is 0. The van der Waals surface area contributed by atoms with Crippen LogP contribution in [-0.4, -0.2) is 11.0 Å². The second-order valence-corrected chi connectivity index (χ2v) is 4.59. The van der Waals surface area contributed by atoms with Gasteiger partial charge in [0.15, 0.2) is 5.76 Å². The number of fused-ring (bicyclic) bond motifs is 1. The highest BCUT2D eigenvalue weighted by Crippen LogP contribution is 2.37. The molecule has 0 aliphatic carbocycles. The van der Waals surface area contributed by atoms with Gasteiger partial charge in [0.05, 0.1) is 15.7 Å². The molecular weight excluding hydrogens is 294 g/mol. The highest BCUT2D eigenvalue weighted by molar-refractivity contribution is 9.15. The quantitative estimate of drug-likeness (QED) is 0.757. The van der Waals surface area contributed by atoms with Crippen molar-refractivity contribution in [3.8, 4) is 0 Å². The third-order valence-electron chi connectivity index (χ3n) is 2.68. The van der Waals surface area contributed by atoms with Crippen LogP contribution in [0.25, 0.3) is 10.2 Å². The van der Waals surface area contributed by atoms with Crippen molar-refractivity contribution in [3.63, 3.8) is 0 Å². The van der Waals surface area contributed by atoms with Crippen LogP contribution in [0.5, 0.6) is 0 Å². The molecule has 0 fully saturated rings. The second kappa shape index (κ2) is 4.38. The number of nitrogens with zero attached hydrogens (tertiary/aromatic N) is 1. The largest absolute Gasteiger partial charge is 0.421 e. The minimum absolute atomic E-state index is 0.325. The normalized spacial score (nSPS) is 16.2. The summed E-state index contributed by atoms with van der Waals surface area (Å²) in [5.74, 6) is 0.197. The Balaban J connectivity index is 2.17. The van der Waals surface area contributed by atoms with Crippen LogP contribution in [0.3, 0.4) is 0 Å². The zero-order valence-electron chi connectivity index (χ0n) is 9.26. The van der Waals surface area contributed by atoms with Crippen molar-refractivity contribution in [2.75, 3.05) is 0 Å². The first-order chi connectivity index (χ1) is 8.77. The lowest BCUT2D eigenvalue weighted by molar-refractivity contribution is 0.0717. The molecule has 3 nitrogen and oxygen atoms in total. The van der Waals surface area contributed by atoms with E-state index >= 15 is 0 Å². The van der Waals surface area contributed by atoms with Gasteiger partial charge in [-0.2, -0.15) is 0 Å². The second-order valence-electron chi connectivity index (χ2n) is 3.79. The first kappa shape index (κ1) is 11.2. The Bertz CT molecular complexity index is 650.